The highest BCUT2D eigenvalue weighted by atomic mass is 31.1. The van der Waals surface area contributed by atoms with Gasteiger partial charge < -0.3 is 18.9 Å². The Morgan fingerprint density at radius 2 is 0.357 bits per heavy atom. The van der Waals surface area contributed by atoms with Gasteiger partial charge in [0, 0.05) is 25.7 Å². The summed E-state index contributed by atoms with van der Waals surface area (Å²) in [5.74, 6) is -0.555. The summed E-state index contributed by atoms with van der Waals surface area (Å²) < 4.78 is 24.0. The average molecular weight is 1870 g/mol. The van der Waals surface area contributed by atoms with Crippen LogP contribution >= 0.6 is 31.7 Å². The number of rotatable bonds is 52. The van der Waals surface area contributed by atoms with Crippen molar-refractivity contribution >= 4 is 159 Å². The minimum absolute atomic E-state index is 0.139. The number of hydrogen-bond donors (Lipinski definition) is 0. The minimum atomic E-state index is -2.03. The molecule has 0 atom stereocenters. The van der Waals surface area contributed by atoms with Crippen LogP contribution in [0.15, 0.2) is 340 Å². The largest absolute Gasteiger partial charge is 0.461 e. The predicted molar refractivity (Wildman–Crippen MR) is 569 cm³/mol. The maximum Gasteiger partial charge on any atom is 0.306 e. The Bertz CT molecular complexity index is 4490. The van der Waals surface area contributed by atoms with Crippen LogP contribution in [0.5, 0.6) is 0 Å². The van der Waals surface area contributed by atoms with Crippen molar-refractivity contribution in [2.75, 3.05) is 24.6 Å². The quantitative estimate of drug-likeness (QED) is 0.0161. The zero-order chi connectivity index (χ0) is 90.6. The summed E-state index contributed by atoms with van der Waals surface area (Å²) in [4.78, 5) is 53.7. The molecule has 0 aliphatic heterocycles. The van der Waals surface area contributed by atoms with E-state index in [1.165, 1.54) is 137 Å². The van der Waals surface area contributed by atoms with Crippen LogP contribution in [0.2, 0.25) is 101 Å². The third-order valence-electron chi connectivity index (χ3n) is 26.2. The maximum atomic E-state index is 13.4. The molecule has 0 aliphatic carbocycles. The fraction of sp³-hybridized carbons (Fsp3) is 0.321. The van der Waals surface area contributed by atoms with Crippen LogP contribution in [0.1, 0.15) is 99.3 Å². The Kier molecular flexibility index (Phi) is 39.1. The van der Waals surface area contributed by atoms with Crippen LogP contribution in [-0.4, -0.2) is 88.9 Å². The average Bonchev–Trinajstić information content (AvgIpc) is 0.815. The van der Waals surface area contributed by atoms with Crippen LogP contribution in [0.25, 0.3) is 0 Å². The number of benzene rings is 12. The van der Waals surface area contributed by atoms with Gasteiger partial charge in [-0.1, -0.05) is 487 Å². The van der Waals surface area contributed by atoms with Crippen molar-refractivity contribution in [2.24, 2.45) is 0 Å². The van der Waals surface area contributed by atoms with Crippen LogP contribution in [0, 0.1) is 0 Å². The summed E-state index contributed by atoms with van der Waals surface area (Å²) in [6, 6.07) is 132. The number of carbonyl (C=O) groups excluding carboxylic acids is 4. The number of carbonyl (C=O) groups is 4. The SMILES string of the molecule is C[Si](C)(CCC[Si](CCC[Si](C)(C)c1ccc(COC(=O)CCCP(c2ccccc2)c2ccccc2)cc1)(CCC[Si](C)(C)c1ccc(COC(=O)CCCP(c2ccccc2)c2ccccc2)cc1)CCC[Si](C)(C)c1ccc(COC(=O)CCCP(c2ccccc2)c2ccccc2)cc1)c1ccc(COC(=O)CCCP(c2ccccc2)c2ccccc2)cc1. The smallest absolute Gasteiger partial charge is 0.306 e. The molecule has 0 unspecified atom stereocenters. The van der Waals surface area contributed by atoms with Crippen LogP contribution < -0.4 is 63.2 Å². The van der Waals surface area contributed by atoms with Crippen LogP contribution in [0.4, 0.5) is 0 Å². The molecule has 12 aromatic carbocycles. The van der Waals surface area contributed by atoms with E-state index in [4.69, 9.17) is 18.9 Å². The summed E-state index contributed by atoms with van der Waals surface area (Å²) in [6.07, 6.45) is 13.3. The van der Waals surface area contributed by atoms with Gasteiger partial charge in [-0.2, -0.15) is 0 Å². The van der Waals surface area contributed by atoms with Gasteiger partial charge in [-0.25, -0.2) is 0 Å². The molecular formula is C112H136O8P4Si5. The van der Waals surface area contributed by atoms with Gasteiger partial charge in [-0.05, 0) is 147 Å². The highest BCUT2D eigenvalue weighted by Gasteiger charge is 2.37. The monoisotopic (exact) mass is 1870 g/mol. The number of hydrogen-bond acceptors (Lipinski definition) is 8. The summed E-state index contributed by atoms with van der Waals surface area (Å²) in [5, 5.41) is 16.5. The van der Waals surface area contributed by atoms with Gasteiger partial charge in [-0.3, -0.25) is 19.2 Å². The Labute approximate surface area is 782 Å². The molecule has 8 nitrogen and oxygen atoms in total. The topological polar surface area (TPSA) is 105 Å². The van der Waals surface area contributed by atoms with Gasteiger partial charge >= 0.3 is 23.9 Å². The Morgan fingerprint density at radius 3 is 0.512 bits per heavy atom. The van der Waals surface area contributed by atoms with E-state index in [-0.39, 0.29) is 50.3 Å². The fourth-order valence-corrected chi connectivity index (χ4v) is 43.8. The van der Waals surface area contributed by atoms with Gasteiger partial charge in [0.05, 0.1) is 40.4 Å². The molecule has 0 bridgehead atoms. The summed E-state index contributed by atoms with van der Waals surface area (Å²) in [7, 11) is -12.1. The van der Waals surface area contributed by atoms with E-state index in [2.05, 4.69) is 392 Å². The van der Waals surface area contributed by atoms with Crippen molar-refractivity contribution in [1.82, 2.24) is 0 Å². The van der Waals surface area contributed by atoms with Crippen molar-refractivity contribution in [2.45, 2.75) is 204 Å². The zero-order valence-corrected chi connectivity index (χ0v) is 86.3. The van der Waals surface area contributed by atoms with E-state index in [0.717, 1.165) is 72.6 Å². The lowest BCUT2D eigenvalue weighted by Gasteiger charge is -2.37. The first kappa shape index (κ1) is 99.3. The fourth-order valence-electron chi connectivity index (χ4n) is 18.1. The molecule has 0 saturated heterocycles. The first-order valence-corrected chi connectivity index (χ1v) is 68.8. The molecular weight excluding hydrogens is 1740 g/mol. The lowest BCUT2D eigenvalue weighted by Crippen LogP contribution is -2.44. The lowest BCUT2D eigenvalue weighted by molar-refractivity contribution is -0.145. The molecule has 129 heavy (non-hydrogen) atoms. The van der Waals surface area contributed by atoms with E-state index in [1.54, 1.807) is 0 Å². The first-order valence-electron chi connectivity index (χ1n) is 47.1. The van der Waals surface area contributed by atoms with E-state index in [0.29, 0.717) is 25.7 Å². The summed E-state index contributed by atoms with van der Waals surface area (Å²) in [5.41, 5.74) is 4.14. The molecule has 12 rings (SSSR count). The molecule has 12 aromatic rings. The predicted octanol–water partition coefficient (Wildman–Crippen LogP) is 23.3. The third kappa shape index (κ3) is 31.8. The van der Waals surface area contributed by atoms with Crippen molar-refractivity contribution < 1.29 is 38.1 Å². The van der Waals surface area contributed by atoms with Gasteiger partial charge in [0.2, 0.25) is 0 Å². The summed E-state index contributed by atoms with van der Waals surface area (Å²) >= 11 is 0. The van der Waals surface area contributed by atoms with E-state index < -0.39 is 72.1 Å². The van der Waals surface area contributed by atoms with E-state index in [9.17, 15) is 19.2 Å². The first-order chi connectivity index (χ1) is 62.6. The Morgan fingerprint density at radius 1 is 0.202 bits per heavy atom. The zero-order valence-electron chi connectivity index (χ0n) is 77.7. The summed E-state index contributed by atoms with van der Waals surface area (Å²) in [6.45, 7) is 21.7. The molecule has 0 fully saturated rings. The van der Waals surface area contributed by atoms with Crippen molar-refractivity contribution in [3.8, 4) is 0 Å². The minimum Gasteiger partial charge on any atom is -0.461 e. The van der Waals surface area contributed by atoms with Gasteiger partial charge in [0.15, 0.2) is 0 Å². The molecule has 0 amide bonds. The maximum absolute atomic E-state index is 13.4. The van der Waals surface area contributed by atoms with Crippen molar-refractivity contribution in [3.63, 3.8) is 0 Å². The van der Waals surface area contributed by atoms with E-state index >= 15 is 0 Å². The molecule has 0 aromatic heterocycles. The van der Waals surface area contributed by atoms with E-state index in [1.807, 2.05) is 0 Å². The second-order valence-corrected chi connectivity index (χ2v) is 71.3. The van der Waals surface area contributed by atoms with Crippen molar-refractivity contribution in [3.05, 3.63) is 362 Å². The van der Waals surface area contributed by atoms with Gasteiger partial charge in [0.25, 0.3) is 0 Å². The molecule has 0 radical (unpaired) electrons. The highest BCUT2D eigenvalue weighted by Crippen LogP contribution is 2.41. The Balaban J connectivity index is 0.720. The lowest BCUT2D eigenvalue weighted by atomic mass is 10.2. The van der Waals surface area contributed by atoms with Gasteiger partial charge in [0.1, 0.15) is 26.4 Å². The standard InChI is InChI=1S/C112H136O8P4Si5/c1-125(2,105-69-61-93(62-70-105)89-117-109(113)57-33-77-121(97-41-17-9-18-42-97)98-43-19-10-20-44-98)81-37-85-129(86-38-82-126(3,4)106-71-63-94(64-72-106)90-118-110(114)58-34-78-122(99-45-21-11-22-46-99)100-47-23-12-24-48-100,87-39-83-127(5,6)107-73-65-95(66-74-107)91-119-111(115)59-35-79-123(101-49-25-13-26-50-101)102-51-27-14-28-52-102)88-40-84-128(7,8)108-75-67-96(68-76-108)92-120-112(116)60-36-80-124(103-53-29-15-30-54-103)104-55-31-16-32-56-104/h9-32,41-56,61-76H,33-40,57-60,77-92H2,1-8H3. The molecule has 17 heteroatoms. The van der Waals surface area contributed by atoms with Crippen molar-refractivity contribution in [1.29, 1.82) is 0 Å². The molecule has 0 N–H and O–H groups in total. The normalized spacial score (nSPS) is 12.1. The molecule has 0 aliphatic rings. The molecule has 0 spiro atoms. The second-order valence-electron chi connectivity index (χ2n) is 37.6. The second kappa shape index (κ2) is 50.8. The molecule has 672 valence electrons. The third-order valence-corrected chi connectivity index (χ3v) is 56.3. The molecule has 0 heterocycles. The van der Waals surface area contributed by atoms with Crippen LogP contribution in [-0.2, 0) is 64.6 Å². The Hall–Kier alpha value is -8.68. The van der Waals surface area contributed by atoms with Gasteiger partial charge in [-0.15, -0.1) is 0 Å². The number of ether oxygens (including phenoxy) is 4. The number of esters is 4. The highest BCUT2D eigenvalue weighted by molar-refractivity contribution is 7.74. The van der Waals surface area contributed by atoms with Crippen LogP contribution in [0.3, 0.4) is 0 Å². The molecule has 0 saturated carbocycles.